The van der Waals surface area contributed by atoms with Gasteiger partial charge in [0, 0.05) is 6.92 Å². The summed E-state index contributed by atoms with van der Waals surface area (Å²) in [5.41, 5.74) is 0. The fourth-order valence-corrected chi connectivity index (χ4v) is 0. The molecular weight excluding hydrogens is 86.0 g/mol. The van der Waals surface area contributed by atoms with Crippen LogP contribution in [-0.2, 0) is 4.79 Å². The van der Waals surface area contributed by atoms with Crippen molar-refractivity contribution in [1.29, 1.82) is 0 Å². The van der Waals surface area contributed by atoms with Crippen molar-refractivity contribution in [2.75, 3.05) is 0 Å². The predicted molar refractivity (Wildman–Crippen MR) is 15.5 cm³/mol. The largest absolute Gasteiger partial charge is 1.00 e. The van der Waals surface area contributed by atoms with Crippen molar-refractivity contribution >= 4 is 5.97 Å². The number of hydrogen-bond acceptors (Lipinski definition) is 1. The van der Waals surface area contributed by atoms with Crippen LogP contribution in [0.3, 0.4) is 0 Å². The van der Waals surface area contributed by atoms with Crippen molar-refractivity contribution in [3.63, 3.8) is 0 Å². The average molecular weight is 92.0 g/mol. The number of rotatable bonds is 0. The number of carboxylic acid groups (broad SMARTS) is 1. The maximum Gasteiger partial charge on any atom is 1.00 e. The van der Waals surface area contributed by atoms with Crippen LogP contribution in [-0.4, -0.2) is 11.1 Å². The molecule has 1 N–H and O–H groups in total. The number of aliphatic carboxylic acids is 1. The van der Waals surface area contributed by atoms with Crippen LogP contribution in [0.15, 0.2) is 0 Å². The summed E-state index contributed by atoms with van der Waals surface area (Å²) in [5, 5.41) is 7.42. The summed E-state index contributed by atoms with van der Waals surface area (Å²) in [4.78, 5) is 9.00. The fourth-order valence-electron chi connectivity index (χ4n) is 0. The summed E-state index contributed by atoms with van der Waals surface area (Å²) in [6, 6.07) is 0. The van der Waals surface area contributed by atoms with E-state index in [9.17, 15) is 0 Å². The van der Waals surface area contributed by atoms with Crippen LogP contribution in [0.2, 0.25) is 0 Å². The molecule has 0 aliphatic rings. The van der Waals surface area contributed by atoms with Crippen LogP contribution in [0.4, 0.5) is 0 Å². The topological polar surface area (TPSA) is 37.3 Å². The van der Waals surface area contributed by atoms with Gasteiger partial charge in [-0.3, -0.25) is 4.79 Å². The van der Waals surface area contributed by atoms with E-state index in [0.29, 0.717) is 0 Å². The molecule has 0 fully saturated rings. The predicted octanol–water partition coefficient (Wildman–Crippen LogP) is -5.68. The molecule has 0 aliphatic heterocycles. The summed E-state index contributed by atoms with van der Waals surface area (Å²) in [5.74, 6) is -0.833. The molecule has 0 radical (unpaired) electrons. The van der Waals surface area contributed by atoms with E-state index >= 15 is 0 Å². The maximum atomic E-state index is 9.00. The molecule has 0 saturated carbocycles. The molecule has 0 rings (SSSR count). The minimum absolute atomic E-state index is 0. The Bertz CT molecular complexity index is 41.0. The third kappa shape index (κ3) is 73.6. The van der Waals surface area contributed by atoms with Gasteiger partial charge in [-0.1, -0.05) is 0 Å². The van der Waals surface area contributed by atoms with E-state index in [4.69, 9.17) is 9.90 Å². The Balaban J connectivity index is -0.00000000750. The van der Waals surface area contributed by atoms with E-state index in [1.54, 1.807) is 0 Å². The Hall–Kier alpha value is 1.07. The van der Waals surface area contributed by atoms with Crippen molar-refractivity contribution in [2.24, 2.45) is 0 Å². The second-order valence-electron chi connectivity index (χ2n) is 0.519. The maximum absolute atomic E-state index is 9.00. The molecule has 0 unspecified atom stereocenters. The van der Waals surface area contributed by atoms with Gasteiger partial charge >= 0.3 is 48.4 Å². The van der Waals surface area contributed by atoms with Gasteiger partial charge < -0.3 is 7.96 Å². The van der Waals surface area contributed by atoms with E-state index in [1.165, 1.54) is 0 Å². The second kappa shape index (κ2) is 9.42. The Kier molecular flexibility index (Phi) is 24.7. The zero-order valence-corrected chi connectivity index (χ0v) is 6.36. The third-order valence-electron chi connectivity index (χ3n) is 0. The molecule has 0 atom stereocenters. The first-order valence-electron chi connectivity index (χ1n) is 0.928. The smallest absolute Gasteiger partial charge is 1.00 e. The second-order valence-corrected chi connectivity index (χ2v) is 0.519. The molecule has 0 aromatic rings. The minimum Gasteiger partial charge on any atom is -1.00 e. The van der Waals surface area contributed by atoms with Crippen molar-refractivity contribution < 1.29 is 61.2 Å². The number of hydrogen-bond donors (Lipinski definition) is 1. The van der Waals surface area contributed by atoms with Gasteiger partial charge in [-0.2, -0.15) is 0 Å². The van der Waals surface area contributed by atoms with Crippen LogP contribution in [0.25, 0.3) is 0 Å². The molecule has 4 heteroatoms. The molecule has 28 valence electrons. The normalized spacial score (nSPS) is 4.17. The van der Waals surface area contributed by atoms with Crippen LogP contribution in [0, 0.1) is 0 Å². The van der Waals surface area contributed by atoms with Crippen molar-refractivity contribution in [1.82, 2.24) is 0 Å². The quantitative estimate of drug-likeness (QED) is 0.302. The van der Waals surface area contributed by atoms with Crippen LogP contribution in [0.1, 0.15) is 9.78 Å². The number of carbonyl (C=O) groups is 1. The molecule has 0 aromatic heterocycles. The zero-order chi connectivity index (χ0) is 3.58. The van der Waals surface area contributed by atoms with Crippen LogP contribution in [0.5, 0.6) is 0 Å². The summed E-state index contributed by atoms with van der Waals surface area (Å²) in [6.45, 7) is 1.08. The summed E-state index contributed by atoms with van der Waals surface area (Å²) in [7, 11) is 0. The van der Waals surface area contributed by atoms with Crippen molar-refractivity contribution in [2.45, 2.75) is 6.92 Å². The first kappa shape index (κ1) is 15.7. The van der Waals surface area contributed by atoms with Crippen molar-refractivity contribution in [3.05, 3.63) is 0 Å². The van der Waals surface area contributed by atoms with Gasteiger partial charge in [-0.05, 0) is 0 Å². The average Bonchev–Trinajstić information content (AvgIpc) is 0.811. The fraction of sp³-hybridized carbons (Fsp3) is 0.500. The molecule has 2 nitrogen and oxygen atoms in total. The Morgan fingerprint density at radius 1 is 1.83 bits per heavy atom. The van der Waals surface area contributed by atoms with Gasteiger partial charge in [0.1, 0.15) is 0 Å². The number of carboxylic acids is 1. The van der Waals surface area contributed by atoms with E-state index < -0.39 is 5.97 Å². The first-order chi connectivity index (χ1) is 1.73. The first-order valence-corrected chi connectivity index (χ1v) is 0.928. The summed E-state index contributed by atoms with van der Waals surface area (Å²) >= 11 is 0. The Morgan fingerprint density at radius 2 is 1.83 bits per heavy atom. The standard InChI is InChI=1S/C2H4O2.Li.Na.2H/c1-2(3)4;;;;/h1H3,(H,3,4);;;;/q;2*+1;2*-1. The molecule has 0 amide bonds. The third-order valence-corrected chi connectivity index (χ3v) is 0. The van der Waals surface area contributed by atoms with E-state index in [1.807, 2.05) is 0 Å². The molecule has 0 aliphatic carbocycles. The summed E-state index contributed by atoms with van der Waals surface area (Å²) < 4.78 is 0. The molecule has 0 aromatic carbocycles. The van der Waals surface area contributed by atoms with Gasteiger partial charge in [0.25, 0.3) is 5.97 Å². The molecule has 0 saturated heterocycles. The Morgan fingerprint density at radius 3 is 1.83 bits per heavy atom. The molecular formula is C2H6LiNaO2. The van der Waals surface area contributed by atoms with Gasteiger partial charge in [0.15, 0.2) is 0 Å². The van der Waals surface area contributed by atoms with Gasteiger partial charge in [0.05, 0.1) is 0 Å². The molecule has 0 heterocycles. The SMILES string of the molecule is CC(=O)O.[H-].[H-].[Li+].[Na+]. The van der Waals surface area contributed by atoms with E-state index in [2.05, 4.69) is 0 Å². The monoisotopic (exact) mass is 92.0 g/mol. The van der Waals surface area contributed by atoms with E-state index in [-0.39, 0.29) is 51.3 Å². The summed E-state index contributed by atoms with van der Waals surface area (Å²) in [6.07, 6.45) is 0. The van der Waals surface area contributed by atoms with E-state index in [0.717, 1.165) is 6.92 Å². The van der Waals surface area contributed by atoms with Gasteiger partial charge in [0.2, 0.25) is 0 Å². The van der Waals surface area contributed by atoms with Crippen molar-refractivity contribution in [3.8, 4) is 0 Å². The molecule has 0 spiro atoms. The van der Waals surface area contributed by atoms with Crippen LogP contribution >= 0.6 is 0 Å². The van der Waals surface area contributed by atoms with Gasteiger partial charge in [-0.25, -0.2) is 0 Å². The minimum atomic E-state index is -0.833. The molecule has 0 bridgehead atoms. The molecule has 6 heavy (non-hydrogen) atoms. The van der Waals surface area contributed by atoms with Gasteiger partial charge in [-0.15, -0.1) is 0 Å². The zero-order valence-electron chi connectivity index (χ0n) is 6.36. The van der Waals surface area contributed by atoms with Crippen LogP contribution < -0.4 is 48.4 Å². The Labute approximate surface area is 73.7 Å².